The first-order valence-electron chi connectivity index (χ1n) is 5.91. The predicted octanol–water partition coefficient (Wildman–Crippen LogP) is 2.57. The first-order chi connectivity index (χ1) is 8.47. The largest absolute Gasteiger partial charge is 0.480 e. The SMILES string of the molecule is CC(c1cc(F)cc(F)c1)N(CC(=O)O)C1CC1. The van der Waals surface area contributed by atoms with Gasteiger partial charge in [-0.05, 0) is 37.5 Å². The van der Waals surface area contributed by atoms with Gasteiger partial charge in [0.05, 0.1) is 6.54 Å². The molecule has 1 aromatic carbocycles. The maximum absolute atomic E-state index is 13.2. The van der Waals surface area contributed by atoms with Crippen LogP contribution in [0.25, 0.3) is 0 Å². The Morgan fingerprint density at radius 2 is 1.94 bits per heavy atom. The van der Waals surface area contributed by atoms with Crippen molar-refractivity contribution in [3.05, 3.63) is 35.4 Å². The Morgan fingerprint density at radius 1 is 1.39 bits per heavy atom. The van der Waals surface area contributed by atoms with Crippen molar-refractivity contribution in [2.24, 2.45) is 0 Å². The van der Waals surface area contributed by atoms with E-state index in [4.69, 9.17) is 5.11 Å². The molecule has 2 rings (SSSR count). The Hall–Kier alpha value is -1.49. The number of carbonyl (C=O) groups is 1. The molecule has 0 amide bonds. The van der Waals surface area contributed by atoms with Crippen LogP contribution in [0.4, 0.5) is 8.78 Å². The van der Waals surface area contributed by atoms with Crippen LogP contribution in [0.15, 0.2) is 18.2 Å². The molecule has 0 aliphatic heterocycles. The lowest BCUT2D eigenvalue weighted by Gasteiger charge is -2.27. The number of hydrogen-bond donors (Lipinski definition) is 1. The summed E-state index contributed by atoms with van der Waals surface area (Å²) in [5, 5.41) is 8.88. The van der Waals surface area contributed by atoms with E-state index in [1.165, 1.54) is 12.1 Å². The number of carboxylic acids is 1. The van der Waals surface area contributed by atoms with E-state index in [0.29, 0.717) is 5.56 Å². The highest BCUT2D eigenvalue weighted by molar-refractivity contribution is 5.69. The Morgan fingerprint density at radius 3 is 2.39 bits per heavy atom. The second-order valence-corrected chi connectivity index (χ2v) is 4.68. The van der Waals surface area contributed by atoms with Gasteiger partial charge in [-0.3, -0.25) is 9.69 Å². The fourth-order valence-electron chi connectivity index (χ4n) is 2.15. The van der Waals surface area contributed by atoms with E-state index in [2.05, 4.69) is 0 Å². The molecule has 1 unspecified atom stereocenters. The molecule has 1 fully saturated rings. The third-order valence-electron chi connectivity index (χ3n) is 3.20. The normalized spacial score (nSPS) is 16.9. The van der Waals surface area contributed by atoms with Crippen LogP contribution in [0, 0.1) is 11.6 Å². The first kappa shape index (κ1) is 13.0. The van der Waals surface area contributed by atoms with Crippen molar-refractivity contribution in [3.8, 4) is 0 Å². The Bertz CT molecular complexity index is 440. The molecule has 1 atom stereocenters. The molecule has 1 saturated carbocycles. The minimum atomic E-state index is -0.925. The van der Waals surface area contributed by atoms with Crippen LogP contribution >= 0.6 is 0 Å². The Labute approximate surface area is 104 Å². The topological polar surface area (TPSA) is 40.5 Å². The molecule has 3 nitrogen and oxygen atoms in total. The molecule has 1 N–H and O–H groups in total. The van der Waals surface area contributed by atoms with E-state index in [0.717, 1.165) is 18.9 Å². The van der Waals surface area contributed by atoms with Crippen molar-refractivity contribution < 1.29 is 18.7 Å². The Kier molecular flexibility index (Phi) is 3.61. The zero-order valence-electron chi connectivity index (χ0n) is 10.1. The summed E-state index contributed by atoms with van der Waals surface area (Å²) in [6, 6.07) is 3.23. The van der Waals surface area contributed by atoms with Crippen LogP contribution in [0.1, 0.15) is 31.4 Å². The number of benzene rings is 1. The van der Waals surface area contributed by atoms with Gasteiger partial charge in [0.15, 0.2) is 0 Å². The van der Waals surface area contributed by atoms with E-state index in [-0.39, 0.29) is 18.6 Å². The smallest absolute Gasteiger partial charge is 0.317 e. The molecule has 0 radical (unpaired) electrons. The van der Waals surface area contributed by atoms with E-state index in [1.807, 2.05) is 0 Å². The third kappa shape index (κ3) is 3.04. The lowest BCUT2D eigenvalue weighted by molar-refractivity contribution is -0.139. The summed E-state index contributed by atoms with van der Waals surface area (Å²) in [5.41, 5.74) is 0.473. The van der Waals surface area contributed by atoms with E-state index in [1.54, 1.807) is 11.8 Å². The van der Waals surface area contributed by atoms with Crippen LogP contribution in [0.2, 0.25) is 0 Å². The van der Waals surface area contributed by atoms with Crippen molar-refractivity contribution >= 4 is 5.97 Å². The van der Waals surface area contributed by atoms with Crippen molar-refractivity contribution in [1.29, 1.82) is 0 Å². The monoisotopic (exact) mass is 255 g/mol. The molecule has 1 aromatic rings. The van der Waals surface area contributed by atoms with Gasteiger partial charge in [-0.15, -0.1) is 0 Å². The molecule has 5 heteroatoms. The summed E-state index contributed by atoms with van der Waals surface area (Å²) in [4.78, 5) is 12.6. The average Bonchev–Trinajstić information content (AvgIpc) is 3.07. The van der Waals surface area contributed by atoms with Crippen LogP contribution in [-0.2, 0) is 4.79 Å². The van der Waals surface area contributed by atoms with Gasteiger partial charge in [-0.25, -0.2) is 8.78 Å². The van der Waals surface area contributed by atoms with Crippen molar-refractivity contribution in [1.82, 2.24) is 4.90 Å². The molecule has 0 heterocycles. The highest BCUT2D eigenvalue weighted by Crippen LogP contribution is 2.34. The number of rotatable bonds is 5. The van der Waals surface area contributed by atoms with Gasteiger partial charge < -0.3 is 5.11 Å². The van der Waals surface area contributed by atoms with Crippen molar-refractivity contribution in [3.63, 3.8) is 0 Å². The summed E-state index contributed by atoms with van der Waals surface area (Å²) in [5.74, 6) is -2.20. The maximum atomic E-state index is 13.2. The van der Waals surface area contributed by atoms with E-state index < -0.39 is 17.6 Å². The maximum Gasteiger partial charge on any atom is 0.317 e. The molecular weight excluding hydrogens is 240 g/mol. The average molecular weight is 255 g/mol. The van der Waals surface area contributed by atoms with Gasteiger partial charge in [-0.2, -0.15) is 0 Å². The van der Waals surface area contributed by atoms with Crippen LogP contribution in [0.3, 0.4) is 0 Å². The predicted molar refractivity (Wildman–Crippen MR) is 62.1 cm³/mol. The summed E-state index contributed by atoms with van der Waals surface area (Å²) < 4.78 is 26.3. The molecular formula is C13H15F2NO2. The highest BCUT2D eigenvalue weighted by Gasteiger charge is 2.34. The highest BCUT2D eigenvalue weighted by atomic mass is 19.1. The van der Waals surface area contributed by atoms with Gasteiger partial charge >= 0.3 is 5.97 Å². The van der Waals surface area contributed by atoms with Gasteiger partial charge in [0.25, 0.3) is 0 Å². The van der Waals surface area contributed by atoms with Gasteiger partial charge in [-0.1, -0.05) is 0 Å². The molecule has 0 saturated heterocycles. The second kappa shape index (κ2) is 5.02. The number of halogens is 2. The lowest BCUT2D eigenvalue weighted by atomic mass is 10.1. The van der Waals surface area contributed by atoms with Crippen molar-refractivity contribution in [2.45, 2.75) is 31.8 Å². The molecule has 0 spiro atoms. The standard InChI is InChI=1S/C13H15F2NO2/c1-8(9-4-10(14)6-11(15)5-9)16(7-13(17)18)12-2-3-12/h4-6,8,12H,2-3,7H2,1H3,(H,17,18). The Balaban J connectivity index is 2.21. The van der Waals surface area contributed by atoms with Crippen LogP contribution in [0.5, 0.6) is 0 Å². The number of nitrogens with zero attached hydrogens (tertiary/aromatic N) is 1. The summed E-state index contributed by atoms with van der Waals surface area (Å²) >= 11 is 0. The first-order valence-corrected chi connectivity index (χ1v) is 5.91. The molecule has 18 heavy (non-hydrogen) atoms. The summed E-state index contributed by atoms with van der Waals surface area (Å²) in [7, 11) is 0. The van der Waals surface area contributed by atoms with E-state index >= 15 is 0 Å². The van der Waals surface area contributed by atoms with E-state index in [9.17, 15) is 13.6 Å². The zero-order valence-corrected chi connectivity index (χ0v) is 10.1. The molecule has 98 valence electrons. The zero-order chi connectivity index (χ0) is 13.3. The minimum absolute atomic E-state index is 0.107. The summed E-state index contributed by atoms with van der Waals surface area (Å²) in [6.07, 6.45) is 1.88. The van der Waals surface area contributed by atoms with Crippen molar-refractivity contribution in [2.75, 3.05) is 6.54 Å². The van der Waals surface area contributed by atoms with Gasteiger partial charge in [0.2, 0.25) is 0 Å². The fourth-order valence-corrected chi connectivity index (χ4v) is 2.15. The second-order valence-electron chi connectivity index (χ2n) is 4.68. The number of aliphatic carboxylic acids is 1. The fraction of sp³-hybridized carbons (Fsp3) is 0.462. The van der Waals surface area contributed by atoms with Crippen LogP contribution < -0.4 is 0 Å². The van der Waals surface area contributed by atoms with Gasteiger partial charge in [0.1, 0.15) is 11.6 Å². The molecule has 1 aliphatic rings. The minimum Gasteiger partial charge on any atom is -0.480 e. The van der Waals surface area contributed by atoms with Gasteiger partial charge in [0, 0.05) is 18.2 Å². The molecule has 0 bridgehead atoms. The molecule has 0 aromatic heterocycles. The summed E-state index contributed by atoms with van der Waals surface area (Å²) in [6.45, 7) is 1.67. The number of hydrogen-bond acceptors (Lipinski definition) is 2. The quantitative estimate of drug-likeness (QED) is 0.879. The molecule has 1 aliphatic carbocycles. The number of carboxylic acid groups (broad SMARTS) is 1. The lowest BCUT2D eigenvalue weighted by Crippen LogP contribution is -2.34. The van der Waals surface area contributed by atoms with Crippen LogP contribution in [-0.4, -0.2) is 28.6 Å². The third-order valence-corrected chi connectivity index (χ3v) is 3.20.